The van der Waals surface area contributed by atoms with Crippen LogP contribution in [0.4, 0.5) is 18.9 Å². The van der Waals surface area contributed by atoms with Crippen molar-refractivity contribution in [3.05, 3.63) is 29.6 Å². The summed E-state index contributed by atoms with van der Waals surface area (Å²) in [4.78, 5) is 26.2. The molecule has 0 radical (unpaired) electrons. The predicted molar refractivity (Wildman–Crippen MR) is 79.2 cm³/mol. The minimum atomic E-state index is -1.65. The lowest BCUT2D eigenvalue weighted by atomic mass is 10.0. The first kappa shape index (κ1) is 17.3. The van der Waals surface area contributed by atoms with Gasteiger partial charge in [0.25, 0.3) is 0 Å². The number of carbonyl (C=O) groups excluding carboxylic acids is 2. The highest BCUT2D eigenvalue weighted by Crippen LogP contribution is 2.48. The fourth-order valence-electron chi connectivity index (χ4n) is 2.39. The van der Waals surface area contributed by atoms with Gasteiger partial charge in [0.05, 0.1) is 5.69 Å². The van der Waals surface area contributed by atoms with Gasteiger partial charge in [0.15, 0.2) is 17.5 Å². The van der Waals surface area contributed by atoms with Gasteiger partial charge in [0.2, 0.25) is 11.8 Å². The molecule has 0 unspecified atom stereocenters. The molecule has 1 aliphatic carbocycles. The number of unbranched alkanes of at least 4 members (excludes halogenated alkanes) is 1. The summed E-state index contributed by atoms with van der Waals surface area (Å²) < 4.78 is 39.7. The molecule has 1 aliphatic rings. The van der Waals surface area contributed by atoms with Gasteiger partial charge in [-0.1, -0.05) is 13.3 Å². The van der Waals surface area contributed by atoms with Crippen molar-refractivity contribution in [3.63, 3.8) is 0 Å². The van der Waals surface area contributed by atoms with E-state index >= 15 is 0 Å². The Balaban J connectivity index is 2.11. The molecule has 0 bridgehead atoms. The number of amides is 2. The third-order valence-electron chi connectivity index (χ3n) is 4.07. The summed E-state index contributed by atoms with van der Waals surface area (Å²) in [5, 5.41) is 2.20. The fraction of sp³-hybridized carbons (Fsp3) is 0.500. The van der Waals surface area contributed by atoms with Crippen LogP contribution in [-0.4, -0.2) is 30.3 Å². The van der Waals surface area contributed by atoms with Crippen LogP contribution in [0, 0.1) is 22.9 Å². The summed E-state index contributed by atoms with van der Waals surface area (Å²) in [7, 11) is 1.61. The molecule has 126 valence electrons. The third-order valence-corrected chi connectivity index (χ3v) is 4.07. The van der Waals surface area contributed by atoms with Crippen molar-refractivity contribution < 1.29 is 22.8 Å². The van der Waals surface area contributed by atoms with E-state index in [1.807, 2.05) is 6.92 Å². The van der Waals surface area contributed by atoms with Crippen molar-refractivity contribution in [2.45, 2.75) is 32.6 Å². The second-order valence-corrected chi connectivity index (χ2v) is 5.84. The van der Waals surface area contributed by atoms with Gasteiger partial charge >= 0.3 is 0 Å². The maximum Gasteiger partial charge on any atom is 0.240 e. The molecule has 0 heterocycles. The van der Waals surface area contributed by atoms with Crippen LogP contribution in [0.5, 0.6) is 0 Å². The van der Waals surface area contributed by atoms with Crippen molar-refractivity contribution in [2.75, 3.05) is 18.9 Å². The standard InChI is InChI=1S/C16H19F3N2O2/c1-3-4-9-21(2)15(23)16(7-8-16)14(22)20-11-6-5-10(17)12(18)13(11)19/h5-6H,3-4,7-9H2,1-2H3,(H,20,22). The Kier molecular flexibility index (Phi) is 4.97. The number of hydrogen-bond acceptors (Lipinski definition) is 2. The lowest BCUT2D eigenvalue weighted by Crippen LogP contribution is -2.41. The van der Waals surface area contributed by atoms with Gasteiger partial charge in [-0.25, -0.2) is 13.2 Å². The molecule has 2 rings (SSSR count). The normalized spacial score (nSPS) is 15.2. The predicted octanol–water partition coefficient (Wildman–Crippen LogP) is 3.08. The highest BCUT2D eigenvalue weighted by molar-refractivity contribution is 6.13. The Morgan fingerprint density at radius 1 is 1.22 bits per heavy atom. The Hall–Kier alpha value is -2.05. The first-order chi connectivity index (χ1) is 10.8. The molecule has 23 heavy (non-hydrogen) atoms. The smallest absolute Gasteiger partial charge is 0.240 e. The average Bonchev–Trinajstić information content (AvgIpc) is 3.34. The van der Waals surface area contributed by atoms with E-state index in [4.69, 9.17) is 0 Å². The summed E-state index contributed by atoms with van der Waals surface area (Å²) >= 11 is 0. The molecule has 1 aromatic carbocycles. The number of nitrogens with one attached hydrogen (secondary N) is 1. The minimum Gasteiger partial charge on any atom is -0.345 e. The maximum atomic E-state index is 13.6. The second-order valence-electron chi connectivity index (χ2n) is 5.84. The summed E-state index contributed by atoms with van der Waals surface area (Å²) in [5.41, 5.74) is -1.69. The average molecular weight is 328 g/mol. The molecular weight excluding hydrogens is 309 g/mol. The molecule has 0 aliphatic heterocycles. The van der Waals surface area contributed by atoms with E-state index in [0.29, 0.717) is 19.4 Å². The van der Waals surface area contributed by atoms with Crippen LogP contribution in [0.1, 0.15) is 32.6 Å². The Morgan fingerprint density at radius 3 is 2.43 bits per heavy atom. The van der Waals surface area contributed by atoms with Gasteiger partial charge < -0.3 is 10.2 Å². The number of carbonyl (C=O) groups is 2. The van der Waals surface area contributed by atoms with Crippen LogP contribution in [0.25, 0.3) is 0 Å². The highest BCUT2D eigenvalue weighted by atomic mass is 19.2. The second kappa shape index (κ2) is 6.60. The number of halogens is 3. The van der Waals surface area contributed by atoms with Gasteiger partial charge in [-0.2, -0.15) is 0 Å². The maximum absolute atomic E-state index is 13.6. The lowest BCUT2D eigenvalue weighted by molar-refractivity contribution is -0.141. The Labute approximate surface area is 132 Å². The number of rotatable bonds is 6. The molecular formula is C16H19F3N2O2. The quantitative estimate of drug-likeness (QED) is 0.644. The van der Waals surface area contributed by atoms with Crippen LogP contribution < -0.4 is 5.32 Å². The SMILES string of the molecule is CCCCN(C)C(=O)C1(C(=O)Nc2ccc(F)c(F)c2F)CC1. The van der Waals surface area contributed by atoms with Crippen molar-refractivity contribution in [1.29, 1.82) is 0 Å². The zero-order valence-electron chi connectivity index (χ0n) is 13.1. The molecule has 0 spiro atoms. The molecule has 2 amide bonds. The van der Waals surface area contributed by atoms with Crippen LogP contribution >= 0.6 is 0 Å². The highest BCUT2D eigenvalue weighted by Gasteiger charge is 2.57. The lowest BCUT2D eigenvalue weighted by Gasteiger charge is -2.23. The first-order valence-corrected chi connectivity index (χ1v) is 7.54. The van der Waals surface area contributed by atoms with E-state index in [0.717, 1.165) is 25.0 Å². The molecule has 1 fully saturated rings. The molecule has 0 aromatic heterocycles. The summed E-state index contributed by atoms with van der Waals surface area (Å²) in [5.74, 6) is -5.47. The van der Waals surface area contributed by atoms with Crippen molar-refractivity contribution >= 4 is 17.5 Å². The van der Waals surface area contributed by atoms with Crippen molar-refractivity contribution in [1.82, 2.24) is 4.90 Å². The largest absolute Gasteiger partial charge is 0.345 e. The Morgan fingerprint density at radius 2 is 1.87 bits per heavy atom. The first-order valence-electron chi connectivity index (χ1n) is 7.54. The fourth-order valence-corrected chi connectivity index (χ4v) is 2.39. The Bertz CT molecular complexity index is 630. The van der Waals surface area contributed by atoms with E-state index in [1.54, 1.807) is 7.05 Å². The molecule has 0 atom stereocenters. The van der Waals surface area contributed by atoms with Crippen molar-refractivity contribution in [2.24, 2.45) is 5.41 Å². The summed E-state index contributed by atoms with van der Waals surface area (Å²) in [6.07, 6.45) is 2.45. The topological polar surface area (TPSA) is 49.4 Å². The van der Waals surface area contributed by atoms with E-state index in [1.165, 1.54) is 4.90 Å². The van der Waals surface area contributed by atoms with Gasteiger partial charge in [-0.05, 0) is 31.4 Å². The third kappa shape index (κ3) is 3.33. The van der Waals surface area contributed by atoms with Crippen LogP contribution in [-0.2, 0) is 9.59 Å². The molecule has 0 saturated heterocycles. The van der Waals surface area contributed by atoms with Crippen molar-refractivity contribution in [3.8, 4) is 0 Å². The zero-order valence-corrected chi connectivity index (χ0v) is 13.1. The molecule has 4 nitrogen and oxygen atoms in total. The number of anilines is 1. The monoisotopic (exact) mass is 328 g/mol. The minimum absolute atomic E-state index is 0.327. The number of hydrogen-bond donors (Lipinski definition) is 1. The van der Waals surface area contributed by atoms with Gasteiger partial charge in [0, 0.05) is 13.6 Å². The number of nitrogens with zero attached hydrogens (tertiary/aromatic N) is 1. The van der Waals surface area contributed by atoms with Crippen LogP contribution in [0.2, 0.25) is 0 Å². The zero-order chi connectivity index (χ0) is 17.2. The van der Waals surface area contributed by atoms with E-state index in [2.05, 4.69) is 5.32 Å². The number of benzene rings is 1. The molecule has 1 N–H and O–H groups in total. The van der Waals surface area contributed by atoms with E-state index < -0.39 is 34.5 Å². The van der Waals surface area contributed by atoms with Gasteiger partial charge in [0.1, 0.15) is 5.41 Å². The van der Waals surface area contributed by atoms with Gasteiger partial charge in [-0.3, -0.25) is 9.59 Å². The van der Waals surface area contributed by atoms with Gasteiger partial charge in [-0.15, -0.1) is 0 Å². The molecule has 7 heteroatoms. The van der Waals surface area contributed by atoms with E-state index in [-0.39, 0.29) is 5.91 Å². The van der Waals surface area contributed by atoms with Crippen LogP contribution in [0.3, 0.4) is 0 Å². The summed E-state index contributed by atoms with van der Waals surface area (Å²) in [6.45, 7) is 2.52. The van der Waals surface area contributed by atoms with Crippen LogP contribution in [0.15, 0.2) is 12.1 Å². The summed E-state index contributed by atoms with van der Waals surface area (Å²) in [6, 6.07) is 1.66. The molecule has 1 aromatic rings. The molecule has 1 saturated carbocycles. The van der Waals surface area contributed by atoms with E-state index in [9.17, 15) is 22.8 Å².